The van der Waals surface area contributed by atoms with Gasteiger partial charge in [-0.1, -0.05) is 62.3 Å². The molecule has 32 heavy (non-hydrogen) atoms. The van der Waals surface area contributed by atoms with Crippen LogP contribution in [-0.2, 0) is 14.3 Å². The monoisotopic (exact) mass is 580 g/mol. The van der Waals surface area contributed by atoms with Crippen LogP contribution in [0.1, 0.15) is 32.7 Å². The molecule has 7 nitrogen and oxygen atoms in total. The van der Waals surface area contributed by atoms with Crippen LogP contribution in [0.2, 0.25) is 20.1 Å². The van der Waals surface area contributed by atoms with Crippen molar-refractivity contribution >= 4 is 91.7 Å². The molecule has 12 heteroatoms. The summed E-state index contributed by atoms with van der Waals surface area (Å²) in [4.78, 5) is 50.1. The summed E-state index contributed by atoms with van der Waals surface area (Å²) in [5, 5.41) is 1.95. The highest BCUT2D eigenvalue weighted by molar-refractivity contribution is 9.10. The van der Waals surface area contributed by atoms with E-state index >= 15 is 0 Å². The summed E-state index contributed by atoms with van der Waals surface area (Å²) in [5.41, 5.74) is 1.05. The summed E-state index contributed by atoms with van der Waals surface area (Å²) in [7, 11) is 0. The minimum Gasteiger partial charge on any atom is -0.456 e. The minimum atomic E-state index is -0.780. The number of hydrogen-bond donors (Lipinski definition) is 1. The van der Waals surface area contributed by atoms with Crippen LogP contribution >= 0.6 is 62.3 Å². The number of ether oxygens (including phenoxy) is 1. The Balaban J connectivity index is 1.57. The fourth-order valence-electron chi connectivity index (χ4n) is 2.97. The van der Waals surface area contributed by atoms with Crippen LogP contribution in [-0.4, -0.2) is 41.7 Å². The molecule has 0 bridgehead atoms. The third-order valence-electron chi connectivity index (χ3n) is 4.55. The molecule has 3 rings (SSSR count). The molecule has 0 aliphatic carbocycles. The van der Waals surface area contributed by atoms with E-state index in [2.05, 4.69) is 21.2 Å². The number of nitrogens with one attached hydrogen (secondary N) is 1. The molecule has 168 valence electrons. The van der Waals surface area contributed by atoms with Gasteiger partial charge in [0.25, 0.3) is 17.7 Å². The number of rotatable bonds is 6. The highest BCUT2D eigenvalue weighted by Gasteiger charge is 2.41. The van der Waals surface area contributed by atoms with Gasteiger partial charge < -0.3 is 10.1 Å². The molecule has 2 aromatic rings. The molecule has 0 fully saturated rings. The van der Waals surface area contributed by atoms with Gasteiger partial charge in [-0.25, -0.2) is 0 Å². The van der Waals surface area contributed by atoms with Gasteiger partial charge in [-0.05, 0) is 30.7 Å². The zero-order valence-corrected chi connectivity index (χ0v) is 20.8. The van der Waals surface area contributed by atoms with Crippen LogP contribution in [0.5, 0.6) is 0 Å². The van der Waals surface area contributed by atoms with Crippen molar-refractivity contribution in [3.63, 3.8) is 0 Å². The number of amides is 3. The lowest BCUT2D eigenvalue weighted by atomic mass is 10.1. The summed E-state index contributed by atoms with van der Waals surface area (Å²) >= 11 is 27.4. The maximum atomic E-state index is 12.6. The molecule has 1 aliphatic rings. The molecule has 1 N–H and O–H groups in total. The third-order valence-corrected chi connectivity index (χ3v) is 6.85. The Kier molecular flexibility index (Phi) is 7.73. The number of aryl methyl sites for hydroxylation is 1. The summed E-state index contributed by atoms with van der Waals surface area (Å²) in [5.74, 6) is -2.83. The highest BCUT2D eigenvalue weighted by Crippen LogP contribution is 2.44. The van der Waals surface area contributed by atoms with Crippen molar-refractivity contribution in [2.75, 3.05) is 18.5 Å². The first kappa shape index (κ1) is 24.8. The SMILES string of the molecule is Cc1cc(Br)ccc1NC(=O)COC(=O)CCN1C(=O)c2c(Cl)c(Cl)c(Cl)c(Cl)c2C1=O. The maximum Gasteiger partial charge on any atom is 0.308 e. The van der Waals surface area contributed by atoms with Gasteiger partial charge in [0.2, 0.25) is 0 Å². The summed E-state index contributed by atoms with van der Waals surface area (Å²) in [6, 6.07) is 5.29. The second-order valence-electron chi connectivity index (χ2n) is 6.69. The number of halogens is 5. The summed E-state index contributed by atoms with van der Waals surface area (Å²) < 4.78 is 5.79. The Hall–Kier alpha value is -1.84. The fourth-order valence-corrected chi connectivity index (χ4v) is 4.46. The van der Waals surface area contributed by atoms with E-state index in [1.165, 1.54) is 0 Å². The van der Waals surface area contributed by atoms with Gasteiger partial charge in [-0.2, -0.15) is 0 Å². The molecule has 0 aromatic heterocycles. The number of hydrogen-bond acceptors (Lipinski definition) is 5. The standard InChI is InChI=1S/C20H13BrCl4N2O5/c1-8-6-9(21)2-3-10(8)26-11(28)7-32-12(29)4-5-27-19(30)13-14(20(27)31)16(23)18(25)17(24)15(13)22/h2-3,6H,4-5,7H2,1H3,(H,26,28). The molecule has 0 radical (unpaired) electrons. The van der Waals surface area contributed by atoms with Crippen LogP contribution in [0.3, 0.4) is 0 Å². The first-order chi connectivity index (χ1) is 15.0. The molecule has 1 aliphatic heterocycles. The van der Waals surface area contributed by atoms with E-state index in [0.29, 0.717) is 5.69 Å². The average Bonchev–Trinajstić information content (AvgIpc) is 2.99. The zero-order chi connectivity index (χ0) is 23.7. The number of benzene rings is 2. The van der Waals surface area contributed by atoms with E-state index in [-0.39, 0.29) is 44.2 Å². The minimum absolute atomic E-state index is 0.147. The number of fused-ring (bicyclic) bond motifs is 1. The van der Waals surface area contributed by atoms with Crippen LogP contribution in [0, 0.1) is 6.92 Å². The molecular weight excluding hydrogens is 570 g/mol. The number of nitrogens with zero attached hydrogens (tertiary/aromatic N) is 1. The van der Waals surface area contributed by atoms with Crippen molar-refractivity contribution in [1.29, 1.82) is 0 Å². The van der Waals surface area contributed by atoms with E-state index in [9.17, 15) is 19.2 Å². The van der Waals surface area contributed by atoms with Crippen molar-refractivity contribution in [2.24, 2.45) is 0 Å². The van der Waals surface area contributed by atoms with E-state index in [1.54, 1.807) is 12.1 Å². The lowest BCUT2D eigenvalue weighted by molar-refractivity contribution is -0.147. The first-order valence-corrected chi connectivity index (χ1v) is 11.3. The molecule has 0 atom stereocenters. The van der Waals surface area contributed by atoms with E-state index < -0.39 is 30.3 Å². The lowest BCUT2D eigenvalue weighted by Crippen LogP contribution is -2.32. The molecule has 0 spiro atoms. The van der Waals surface area contributed by atoms with Crippen LogP contribution in [0.4, 0.5) is 5.69 Å². The van der Waals surface area contributed by atoms with Crippen molar-refractivity contribution in [3.05, 3.63) is 59.5 Å². The van der Waals surface area contributed by atoms with Crippen molar-refractivity contribution in [2.45, 2.75) is 13.3 Å². The quantitative estimate of drug-likeness (QED) is 0.209. The summed E-state index contributed by atoms with van der Waals surface area (Å²) in [6.07, 6.45) is -0.341. The Bertz CT molecular complexity index is 1120. The van der Waals surface area contributed by atoms with Gasteiger partial charge in [0.1, 0.15) is 0 Å². The molecule has 3 amide bonds. The maximum absolute atomic E-state index is 12.6. The van der Waals surface area contributed by atoms with Crippen molar-refractivity contribution in [1.82, 2.24) is 4.90 Å². The molecule has 0 unspecified atom stereocenters. The van der Waals surface area contributed by atoms with Crippen molar-refractivity contribution < 1.29 is 23.9 Å². The molecule has 1 heterocycles. The zero-order valence-electron chi connectivity index (χ0n) is 16.2. The number of anilines is 1. The predicted molar refractivity (Wildman–Crippen MR) is 125 cm³/mol. The van der Waals surface area contributed by atoms with Gasteiger partial charge in [-0.3, -0.25) is 24.1 Å². The lowest BCUT2D eigenvalue weighted by Gasteiger charge is -2.13. The van der Waals surface area contributed by atoms with Crippen LogP contribution in [0.25, 0.3) is 0 Å². The second kappa shape index (κ2) is 9.97. The van der Waals surface area contributed by atoms with Gasteiger partial charge in [0, 0.05) is 16.7 Å². The highest BCUT2D eigenvalue weighted by atomic mass is 79.9. The van der Waals surface area contributed by atoms with Crippen molar-refractivity contribution in [3.8, 4) is 0 Å². The number of carbonyl (C=O) groups is 4. The van der Waals surface area contributed by atoms with Gasteiger partial charge >= 0.3 is 5.97 Å². The second-order valence-corrected chi connectivity index (χ2v) is 9.11. The molecular formula is C20H13BrCl4N2O5. The average molecular weight is 583 g/mol. The molecule has 0 saturated heterocycles. The Morgan fingerprint density at radius 1 is 1.00 bits per heavy atom. The third kappa shape index (κ3) is 4.89. The Labute approximate surface area is 211 Å². The largest absolute Gasteiger partial charge is 0.456 e. The first-order valence-electron chi connectivity index (χ1n) is 8.96. The number of imide groups is 1. The summed E-state index contributed by atoms with van der Waals surface area (Å²) in [6.45, 7) is 0.979. The molecule has 0 saturated carbocycles. The normalized spacial score (nSPS) is 12.8. The number of esters is 1. The van der Waals surface area contributed by atoms with E-state index in [1.807, 2.05) is 13.0 Å². The smallest absolute Gasteiger partial charge is 0.308 e. The fraction of sp³-hybridized carbons (Fsp3) is 0.200. The Morgan fingerprint density at radius 2 is 1.56 bits per heavy atom. The van der Waals surface area contributed by atoms with E-state index in [0.717, 1.165) is 14.9 Å². The van der Waals surface area contributed by atoms with Gasteiger partial charge in [-0.15, -0.1) is 0 Å². The van der Waals surface area contributed by atoms with Gasteiger partial charge in [0.05, 0.1) is 37.6 Å². The molecule has 2 aromatic carbocycles. The van der Waals surface area contributed by atoms with E-state index in [4.69, 9.17) is 51.1 Å². The Morgan fingerprint density at radius 3 is 2.09 bits per heavy atom. The topological polar surface area (TPSA) is 92.8 Å². The number of carbonyl (C=O) groups excluding carboxylic acids is 4. The van der Waals surface area contributed by atoms with Crippen LogP contribution in [0.15, 0.2) is 22.7 Å². The van der Waals surface area contributed by atoms with Gasteiger partial charge in [0.15, 0.2) is 6.61 Å². The predicted octanol–water partition coefficient (Wildman–Crippen LogP) is 5.54. The van der Waals surface area contributed by atoms with Crippen LogP contribution < -0.4 is 5.32 Å².